The van der Waals surface area contributed by atoms with E-state index in [1.165, 1.54) is 0 Å². The van der Waals surface area contributed by atoms with Crippen LogP contribution in [0.5, 0.6) is 5.75 Å². The van der Waals surface area contributed by atoms with Crippen LogP contribution in [-0.2, 0) is 0 Å². The number of amides is 1. The molecule has 23 heavy (non-hydrogen) atoms. The van der Waals surface area contributed by atoms with E-state index in [2.05, 4.69) is 5.32 Å². The Kier molecular flexibility index (Phi) is 5.91. The maximum absolute atomic E-state index is 12.6. The summed E-state index contributed by atoms with van der Waals surface area (Å²) in [5.74, 6) is 0.550. The van der Waals surface area contributed by atoms with E-state index in [4.69, 9.17) is 27.9 Å². The standard InChI is InChI=1S/C18H19Cl2NO2/c1-11(2)10-23-17-7-5-13(19)9-14(17)18(22)21-16-6-4-12(3)8-15(16)20/h4-9,11H,10H2,1-3H3,(H,21,22). The van der Waals surface area contributed by atoms with Crippen LogP contribution in [0.15, 0.2) is 36.4 Å². The van der Waals surface area contributed by atoms with E-state index in [-0.39, 0.29) is 5.91 Å². The molecule has 0 atom stereocenters. The number of anilines is 1. The number of carbonyl (C=O) groups excluding carboxylic acids is 1. The van der Waals surface area contributed by atoms with Crippen LogP contribution in [0, 0.1) is 12.8 Å². The summed E-state index contributed by atoms with van der Waals surface area (Å²) in [6, 6.07) is 10.5. The van der Waals surface area contributed by atoms with Gasteiger partial charge in [-0.05, 0) is 48.7 Å². The molecule has 0 heterocycles. The predicted molar refractivity (Wildman–Crippen MR) is 95.9 cm³/mol. The van der Waals surface area contributed by atoms with Crippen LogP contribution >= 0.6 is 23.2 Å². The highest BCUT2D eigenvalue weighted by Gasteiger charge is 2.15. The zero-order chi connectivity index (χ0) is 17.0. The number of carbonyl (C=O) groups is 1. The summed E-state index contributed by atoms with van der Waals surface area (Å²) in [5, 5.41) is 3.76. The monoisotopic (exact) mass is 351 g/mol. The largest absolute Gasteiger partial charge is 0.492 e. The second-order valence-electron chi connectivity index (χ2n) is 5.78. The van der Waals surface area contributed by atoms with E-state index < -0.39 is 0 Å². The number of hydrogen-bond donors (Lipinski definition) is 1. The average Bonchev–Trinajstić information content (AvgIpc) is 2.48. The number of hydrogen-bond acceptors (Lipinski definition) is 2. The summed E-state index contributed by atoms with van der Waals surface area (Å²) in [7, 11) is 0. The topological polar surface area (TPSA) is 38.3 Å². The van der Waals surface area contributed by atoms with Crippen molar-refractivity contribution in [3.8, 4) is 5.75 Å². The van der Waals surface area contributed by atoms with Crippen LogP contribution in [0.25, 0.3) is 0 Å². The van der Waals surface area contributed by atoms with E-state index in [1.54, 1.807) is 30.3 Å². The van der Waals surface area contributed by atoms with Crippen molar-refractivity contribution in [3.63, 3.8) is 0 Å². The SMILES string of the molecule is Cc1ccc(NC(=O)c2cc(Cl)ccc2OCC(C)C)c(Cl)c1. The molecule has 2 rings (SSSR count). The fourth-order valence-corrected chi connectivity index (χ4v) is 2.43. The van der Waals surface area contributed by atoms with Gasteiger partial charge in [0, 0.05) is 5.02 Å². The van der Waals surface area contributed by atoms with Gasteiger partial charge in [0.05, 0.1) is 22.9 Å². The molecule has 0 fully saturated rings. The van der Waals surface area contributed by atoms with Crippen molar-refractivity contribution in [2.75, 3.05) is 11.9 Å². The summed E-state index contributed by atoms with van der Waals surface area (Å²) >= 11 is 12.2. The lowest BCUT2D eigenvalue weighted by atomic mass is 10.1. The van der Waals surface area contributed by atoms with E-state index in [0.717, 1.165) is 5.56 Å². The van der Waals surface area contributed by atoms with Crippen LogP contribution in [0.1, 0.15) is 29.8 Å². The predicted octanol–water partition coefficient (Wildman–Crippen LogP) is 5.59. The molecule has 1 N–H and O–H groups in total. The quantitative estimate of drug-likeness (QED) is 0.762. The molecule has 0 aliphatic carbocycles. The van der Waals surface area contributed by atoms with Crippen LogP contribution in [0.4, 0.5) is 5.69 Å². The smallest absolute Gasteiger partial charge is 0.259 e. The minimum atomic E-state index is -0.308. The first-order valence-electron chi connectivity index (χ1n) is 7.36. The fourth-order valence-electron chi connectivity index (χ4n) is 1.97. The summed E-state index contributed by atoms with van der Waals surface area (Å²) in [4.78, 5) is 12.6. The molecule has 1 amide bonds. The molecule has 0 unspecified atom stereocenters. The summed E-state index contributed by atoms with van der Waals surface area (Å²) in [5.41, 5.74) is 1.96. The highest BCUT2D eigenvalue weighted by molar-refractivity contribution is 6.34. The number of nitrogens with one attached hydrogen (secondary N) is 1. The molecule has 122 valence electrons. The highest BCUT2D eigenvalue weighted by Crippen LogP contribution is 2.27. The van der Waals surface area contributed by atoms with Crippen LogP contribution in [-0.4, -0.2) is 12.5 Å². The molecular weight excluding hydrogens is 333 g/mol. The fraction of sp³-hybridized carbons (Fsp3) is 0.278. The van der Waals surface area contributed by atoms with Gasteiger partial charge in [-0.2, -0.15) is 0 Å². The Labute approximate surface area is 146 Å². The van der Waals surface area contributed by atoms with Crippen molar-refractivity contribution in [2.24, 2.45) is 5.92 Å². The summed E-state index contributed by atoms with van der Waals surface area (Å²) in [6.07, 6.45) is 0. The van der Waals surface area contributed by atoms with Gasteiger partial charge < -0.3 is 10.1 Å². The van der Waals surface area contributed by atoms with E-state index >= 15 is 0 Å². The second kappa shape index (κ2) is 7.71. The lowest BCUT2D eigenvalue weighted by Crippen LogP contribution is -2.15. The molecule has 0 bridgehead atoms. The lowest BCUT2D eigenvalue weighted by Gasteiger charge is -2.14. The van der Waals surface area contributed by atoms with Crippen LogP contribution in [0.3, 0.4) is 0 Å². The molecule has 0 spiro atoms. The van der Waals surface area contributed by atoms with Crippen molar-refractivity contribution in [2.45, 2.75) is 20.8 Å². The third-order valence-corrected chi connectivity index (χ3v) is 3.68. The zero-order valence-electron chi connectivity index (χ0n) is 13.3. The number of rotatable bonds is 5. The molecule has 0 aliphatic rings. The molecular formula is C18H19Cl2NO2. The molecule has 0 saturated heterocycles. The van der Waals surface area contributed by atoms with Crippen LogP contribution in [0.2, 0.25) is 10.0 Å². The Morgan fingerprint density at radius 1 is 1.17 bits per heavy atom. The van der Waals surface area contributed by atoms with Crippen molar-refractivity contribution < 1.29 is 9.53 Å². The number of aryl methyl sites for hydroxylation is 1. The van der Waals surface area contributed by atoms with Crippen molar-refractivity contribution in [3.05, 3.63) is 57.6 Å². The third kappa shape index (κ3) is 4.88. The Balaban J connectivity index is 2.25. The minimum Gasteiger partial charge on any atom is -0.492 e. The van der Waals surface area contributed by atoms with Gasteiger partial charge in [-0.25, -0.2) is 0 Å². The average molecular weight is 352 g/mol. The Morgan fingerprint density at radius 3 is 2.57 bits per heavy atom. The molecule has 0 aliphatic heterocycles. The van der Waals surface area contributed by atoms with Gasteiger partial charge >= 0.3 is 0 Å². The van der Waals surface area contributed by atoms with E-state index in [9.17, 15) is 4.79 Å². The normalized spacial score (nSPS) is 10.7. The zero-order valence-corrected chi connectivity index (χ0v) is 14.8. The lowest BCUT2D eigenvalue weighted by molar-refractivity contribution is 0.102. The van der Waals surface area contributed by atoms with Gasteiger partial charge in [0.1, 0.15) is 5.75 Å². The molecule has 5 heteroatoms. The first kappa shape index (κ1) is 17.6. The maximum atomic E-state index is 12.6. The van der Waals surface area contributed by atoms with E-state index in [0.29, 0.717) is 39.6 Å². The molecule has 0 aromatic heterocycles. The Hall–Kier alpha value is -1.71. The first-order chi connectivity index (χ1) is 10.9. The first-order valence-corrected chi connectivity index (χ1v) is 8.12. The summed E-state index contributed by atoms with van der Waals surface area (Å²) in [6.45, 7) is 6.54. The van der Waals surface area contributed by atoms with Crippen molar-refractivity contribution >= 4 is 34.8 Å². The number of halogens is 2. The second-order valence-corrected chi connectivity index (χ2v) is 6.63. The molecule has 3 nitrogen and oxygen atoms in total. The minimum absolute atomic E-state index is 0.308. The maximum Gasteiger partial charge on any atom is 0.259 e. The van der Waals surface area contributed by atoms with Gasteiger partial charge in [0.15, 0.2) is 0 Å². The molecule has 2 aromatic carbocycles. The van der Waals surface area contributed by atoms with Gasteiger partial charge in [0.25, 0.3) is 5.91 Å². The van der Waals surface area contributed by atoms with Gasteiger partial charge in [-0.3, -0.25) is 4.79 Å². The number of ether oxygens (including phenoxy) is 1. The van der Waals surface area contributed by atoms with Crippen molar-refractivity contribution in [1.29, 1.82) is 0 Å². The van der Waals surface area contributed by atoms with Crippen molar-refractivity contribution in [1.82, 2.24) is 0 Å². The molecule has 0 saturated carbocycles. The Bertz CT molecular complexity index is 714. The van der Waals surface area contributed by atoms with Crippen LogP contribution < -0.4 is 10.1 Å². The van der Waals surface area contributed by atoms with Gasteiger partial charge in [-0.15, -0.1) is 0 Å². The van der Waals surface area contributed by atoms with E-state index in [1.807, 2.05) is 26.8 Å². The Morgan fingerprint density at radius 2 is 1.91 bits per heavy atom. The highest BCUT2D eigenvalue weighted by atomic mass is 35.5. The number of benzene rings is 2. The molecule has 0 radical (unpaired) electrons. The molecule has 2 aromatic rings. The van der Waals surface area contributed by atoms with Gasteiger partial charge in [0.2, 0.25) is 0 Å². The third-order valence-electron chi connectivity index (χ3n) is 3.13. The summed E-state index contributed by atoms with van der Waals surface area (Å²) < 4.78 is 5.71. The van der Waals surface area contributed by atoms with Gasteiger partial charge in [-0.1, -0.05) is 43.1 Å².